The number of imidazole rings is 1. The Balaban J connectivity index is 2.31. The van der Waals surface area contributed by atoms with Crippen molar-refractivity contribution in [2.24, 2.45) is 0 Å². The molecule has 108 valence electrons. The summed E-state index contributed by atoms with van der Waals surface area (Å²) in [4.78, 5) is 8.76. The summed E-state index contributed by atoms with van der Waals surface area (Å²) in [5.41, 5.74) is 0.995. The second-order valence-electron chi connectivity index (χ2n) is 4.73. The number of aromatic nitrogens is 2. The van der Waals surface area contributed by atoms with Crippen LogP contribution >= 0.6 is 35.0 Å². The zero-order valence-corrected chi connectivity index (χ0v) is 13.6. The largest absolute Gasteiger partial charge is 0.396 e. The third-order valence-corrected chi connectivity index (χ3v) is 4.12. The van der Waals surface area contributed by atoms with Crippen LogP contribution in [-0.2, 0) is 6.42 Å². The molecule has 0 saturated carbocycles. The minimum Gasteiger partial charge on any atom is -0.396 e. The van der Waals surface area contributed by atoms with Gasteiger partial charge >= 0.3 is 0 Å². The summed E-state index contributed by atoms with van der Waals surface area (Å²) < 4.78 is 0. The minimum atomic E-state index is 0.0815. The van der Waals surface area contributed by atoms with E-state index in [1.165, 1.54) is 0 Å². The van der Waals surface area contributed by atoms with Crippen molar-refractivity contribution in [3.8, 4) is 0 Å². The summed E-state index contributed by atoms with van der Waals surface area (Å²) in [6.45, 7) is 4.26. The molecule has 0 radical (unpaired) electrons. The first-order chi connectivity index (χ1) is 9.49. The van der Waals surface area contributed by atoms with Crippen LogP contribution in [0.2, 0.25) is 10.0 Å². The summed E-state index contributed by atoms with van der Waals surface area (Å²) in [7, 11) is 0. The molecule has 0 saturated heterocycles. The Labute approximate surface area is 132 Å². The second kappa shape index (κ2) is 6.85. The smallest absolute Gasteiger partial charge is 0.109 e. The third-order valence-electron chi connectivity index (χ3n) is 2.70. The highest BCUT2D eigenvalue weighted by Gasteiger charge is 2.15. The number of hydrogen-bond acceptors (Lipinski definition) is 3. The average molecular weight is 331 g/mol. The Kier molecular flexibility index (Phi) is 5.38. The van der Waals surface area contributed by atoms with Gasteiger partial charge in [-0.2, -0.15) is 0 Å². The molecule has 20 heavy (non-hydrogen) atoms. The maximum Gasteiger partial charge on any atom is 0.109 e. The Morgan fingerprint density at radius 1 is 1.25 bits per heavy atom. The molecule has 1 aromatic carbocycles. The summed E-state index contributed by atoms with van der Waals surface area (Å²) in [5.74, 6) is 1.10. The number of nitrogens with one attached hydrogen (secondary N) is 1. The van der Waals surface area contributed by atoms with Gasteiger partial charge in [-0.25, -0.2) is 4.98 Å². The van der Waals surface area contributed by atoms with Crippen molar-refractivity contribution in [3.63, 3.8) is 0 Å². The van der Waals surface area contributed by atoms with Crippen LogP contribution in [0.15, 0.2) is 28.1 Å². The molecule has 3 nitrogen and oxygen atoms in total. The van der Waals surface area contributed by atoms with Gasteiger partial charge in [0.1, 0.15) is 10.9 Å². The Morgan fingerprint density at radius 3 is 2.45 bits per heavy atom. The number of aromatic amines is 1. The third kappa shape index (κ3) is 3.92. The van der Waals surface area contributed by atoms with Gasteiger partial charge in [-0.15, -0.1) is 0 Å². The molecule has 0 fully saturated rings. The molecule has 2 N–H and O–H groups in total. The molecular formula is C14H16Cl2N2OS. The Hall–Kier alpha value is -0.680. The van der Waals surface area contributed by atoms with Crippen LogP contribution in [0.25, 0.3) is 0 Å². The van der Waals surface area contributed by atoms with Crippen LogP contribution < -0.4 is 0 Å². The lowest BCUT2D eigenvalue weighted by atomic mass is 10.2. The fourth-order valence-electron chi connectivity index (χ4n) is 1.82. The van der Waals surface area contributed by atoms with Crippen molar-refractivity contribution in [3.05, 3.63) is 39.8 Å². The highest BCUT2D eigenvalue weighted by atomic mass is 35.5. The van der Waals surface area contributed by atoms with Crippen molar-refractivity contribution in [1.82, 2.24) is 9.97 Å². The summed E-state index contributed by atoms with van der Waals surface area (Å²) in [6, 6.07) is 5.45. The fourth-order valence-corrected chi connectivity index (χ4v) is 3.64. The van der Waals surface area contributed by atoms with Crippen LogP contribution in [0.3, 0.4) is 0 Å². The van der Waals surface area contributed by atoms with Crippen LogP contribution in [0.1, 0.15) is 31.3 Å². The van der Waals surface area contributed by atoms with E-state index in [1.54, 1.807) is 17.8 Å². The number of halogens is 2. The highest BCUT2D eigenvalue weighted by Crippen LogP contribution is 2.35. The van der Waals surface area contributed by atoms with Gasteiger partial charge in [0.25, 0.3) is 0 Å². The van der Waals surface area contributed by atoms with Crippen LogP contribution in [0.5, 0.6) is 0 Å². The van der Waals surface area contributed by atoms with E-state index in [0.29, 0.717) is 22.4 Å². The standard InChI is InChI=1S/C14H16Cl2N2OS/c1-8(2)13-14(18-12(17-13)3-4-19)20-11-6-9(15)5-10(16)7-11/h5-8,19H,3-4H2,1-2H3,(H,17,18). The minimum absolute atomic E-state index is 0.0815. The maximum absolute atomic E-state index is 9.02. The SMILES string of the molecule is CC(C)c1nc(CCO)[nH]c1Sc1cc(Cl)cc(Cl)c1. The van der Waals surface area contributed by atoms with E-state index in [-0.39, 0.29) is 6.61 Å². The first-order valence-corrected chi connectivity index (χ1v) is 7.90. The quantitative estimate of drug-likeness (QED) is 0.846. The summed E-state index contributed by atoms with van der Waals surface area (Å²) >= 11 is 13.6. The fraction of sp³-hybridized carbons (Fsp3) is 0.357. The Bertz CT molecular complexity index is 579. The molecule has 1 aromatic heterocycles. The van der Waals surface area contributed by atoms with Gasteiger partial charge in [0.2, 0.25) is 0 Å². The van der Waals surface area contributed by atoms with Crippen LogP contribution in [-0.4, -0.2) is 21.7 Å². The molecule has 6 heteroatoms. The number of nitrogens with zero attached hydrogens (tertiary/aromatic N) is 1. The molecule has 0 amide bonds. The zero-order chi connectivity index (χ0) is 14.7. The van der Waals surface area contributed by atoms with E-state index < -0.39 is 0 Å². The molecule has 0 atom stereocenters. The topological polar surface area (TPSA) is 48.9 Å². The van der Waals surface area contributed by atoms with Crippen molar-refractivity contribution in [2.75, 3.05) is 6.61 Å². The first-order valence-electron chi connectivity index (χ1n) is 6.33. The van der Waals surface area contributed by atoms with Gasteiger partial charge in [0.15, 0.2) is 0 Å². The van der Waals surface area contributed by atoms with Gasteiger partial charge in [0.05, 0.1) is 12.3 Å². The lowest BCUT2D eigenvalue weighted by molar-refractivity contribution is 0.297. The van der Waals surface area contributed by atoms with E-state index in [1.807, 2.05) is 12.1 Å². The molecule has 0 bridgehead atoms. The number of rotatable bonds is 5. The molecule has 0 unspecified atom stereocenters. The number of hydrogen-bond donors (Lipinski definition) is 2. The summed E-state index contributed by atoms with van der Waals surface area (Å²) in [5, 5.41) is 11.2. The molecule has 0 aliphatic rings. The molecule has 0 spiro atoms. The average Bonchev–Trinajstić information content (AvgIpc) is 2.71. The monoisotopic (exact) mass is 330 g/mol. The Morgan fingerprint density at radius 2 is 1.90 bits per heavy atom. The van der Waals surface area contributed by atoms with Gasteiger partial charge in [-0.3, -0.25) is 0 Å². The van der Waals surface area contributed by atoms with Crippen molar-refractivity contribution in [2.45, 2.75) is 36.1 Å². The van der Waals surface area contributed by atoms with E-state index in [0.717, 1.165) is 21.4 Å². The van der Waals surface area contributed by atoms with Crippen LogP contribution in [0, 0.1) is 0 Å². The molecule has 2 rings (SSSR count). The molecule has 0 aliphatic heterocycles. The molecule has 1 heterocycles. The lowest BCUT2D eigenvalue weighted by Gasteiger charge is -2.06. The van der Waals surface area contributed by atoms with E-state index in [9.17, 15) is 0 Å². The lowest BCUT2D eigenvalue weighted by Crippen LogP contribution is -1.93. The van der Waals surface area contributed by atoms with Gasteiger partial charge in [-0.1, -0.05) is 48.8 Å². The molecule has 2 aromatic rings. The van der Waals surface area contributed by atoms with Gasteiger partial charge in [-0.05, 0) is 24.1 Å². The highest BCUT2D eigenvalue weighted by molar-refractivity contribution is 7.99. The number of aliphatic hydroxyl groups excluding tert-OH is 1. The predicted octanol–water partition coefficient (Wildman–Crippen LogP) is 4.53. The number of benzene rings is 1. The zero-order valence-electron chi connectivity index (χ0n) is 11.3. The van der Waals surface area contributed by atoms with E-state index in [2.05, 4.69) is 23.8 Å². The van der Waals surface area contributed by atoms with Gasteiger partial charge in [0, 0.05) is 21.4 Å². The number of aliphatic hydroxyl groups is 1. The van der Waals surface area contributed by atoms with Crippen molar-refractivity contribution in [1.29, 1.82) is 0 Å². The first kappa shape index (κ1) is 15.7. The van der Waals surface area contributed by atoms with E-state index in [4.69, 9.17) is 28.3 Å². The summed E-state index contributed by atoms with van der Waals surface area (Å²) in [6.07, 6.45) is 0.524. The maximum atomic E-state index is 9.02. The van der Waals surface area contributed by atoms with Crippen molar-refractivity contribution < 1.29 is 5.11 Å². The van der Waals surface area contributed by atoms with Gasteiger partial charge < -0.3 is 10.1 Å². The molecule has 0 aliphatic carbocycles. The normalized spacial score (nSPS) is 11.3. The van der Waals surface area contributed by atoms with E-state index >= 15 is 0 Å². The van der Waals surface area contributed by atoms with Crippen molar-refractivity contribution >= 4 is 35.0 Å². The predicted molar refractivity (Wildman–Crippen MR) is 84.1 cm³/mol. The molecular weight excluding hydrogens is 315 g/mol. The number of H-pyrrole nitrogens is 1. The second-order valence-corrected chi connectivity index (χ2v) is 6.69. The van der Waals surface area contributed by atoms with Crippen LogP contribution in [0.4, 0.5) is 0 Å².